The zero-order valence-corrected chi connectivity index (χ0v) is 18.6. The van der Waals surface area contributed by atoms with Crippen molar-refractivity contribution in [2.45, 2.75) is 0 Å². The summed E-state index contributed by atoms with van der Waals surface area (Å²) in [5.41, 5.74) is 1.42. The van der Waals surface area contributed by atoms with Gasteiger partial charge in [0.1, 0.15) is 24.2 Å². The van der Waals surface area contributed by atoms with Crippen molar-refractivity contribution in [1.29, 1.82) is 0 Å². The number of hydrogen-bond acceptors (Lipinski definition) is 9. The number of methoxy groups -OCH3 is 2. The summed E-state index contributed by atoms with van der Waals surface area (Å²) in [5, 5.41) is 15.4. The van der Waals surface area contributed by atoms with E-state index in [1.165, 1.54) is 13.3 Å². The van der Waals surface area contributed by atoms with Gasteiger partial charge >= 0.3 is 5.69 Å². The average Bonchev–Trinajstić information content (AvgIpc) is 2.84. The predicted molar refractivity (Wildman–Crippen MR) is 124 cm³/mol. The molecule has 1 aliphatic rings. The van der Waals surface area contributed by atoms with Gasteiger partial charge in [0.25, 0.3) is 0 Å². The molecule has 0 atom stereocenters. The fourth-order valence-corrected chi connectivity index (χ4v) is 3.66. The Labute approximate surface area is 191 Å². The second kappa shape index (κ2) is 10.3. The van der Waals surface area contributed by atoms with Crippen LogP contribution in [0, 0.1) is 10.1 Å². The van der Waals surface area contributed by atoms with E-state index >= 15 is 0 Å². The maximum absolute atomic E-state index is 11.7. The summed E-state index contributed by atoms with van der Waals surface area (Å²) in [6.45, 7) is 4.46. The lowest BCUT2D eigenvalue weighted by atomic mass is 10.1. The second-order valence-electron chi connectivity index (χ2n) is 7.45. The fraction of sp³-hybridized carbons (Fsp3) is 0.348. The standard InChI is InChI=1S/C23H26N4O6/c1-30-17-5-3-16(4-6-17)25-23-18-13-21(31-2)22(14-19(18)24-15-20(23)27(28)29)33-12-9-26-7-10-32-11-8-26/h3-6,13-15H,7-12H2,1-2H3,(H,24,25). The van der Waals surface area contributed by atoms with Crippen molar-refractivity contribution in [1.82, 2.24) is 9.88 Å². The number of benzene rings is 2. The summed E-state index contributed by atoms with van der Waals surface area (Å²) >= 11 is 0. The summed E-state index contributed by atoms with van der Waals surface area (Å²) in [5.74, 6) is 1.70. The molecule has 0 aliphatic carbocycles. The number of pyridine rings is 1. The molecule has 1 aliphatic heterocycles. The van der Waals surface area contributed by atoms with Gasteiger partial charge in [-0.1, -0.05) is 0 Å². The molecule has 0 spiro atoms. The molecule has 3 aromatic rings. The molecule has 0 radical (unpaired) electrons. The van der Waals surface area contributed by atoms with E-state index in [2.05, 4.69) is 15.2 Å². The Balaban J connectivity index is 1.63. The normalized spacial score (nSPS) is 14.1. The van der Waals surface area contributed by atoms with E-state index < -0.39 is 4.92 Å². The number of nitro groups is 1. The van der Waals surface area contributed by atoms with Crippen molar-refractivity contribution in [2.24, 2.45) is 0 Å². The molecule has 0 amide bonds. The van der Waals surface area contributed by atoms with Crippen LogP contribution in [-0.2, 0) is 4.74 Å². The lowest BCUT2D eigenvalue weighted by Gasteiger charge is -2.26. The van der Waals surface area contributed by atoms with Crippen LogP contribution in [0.2, 0.25) is 0 Å². The highest BCUT2D eigenvalue weighted by Crippen LogP contribution is 2.39. The number of rotatable bonds is 9. The molecule has 2 heterocycles. The van der Waals surface area contributed by atoms with Gasteiger partial charge in [-0.15, -0.1) is 0 Å². The Kier molecular flexibility index (Phi) is 7.06. The summed E-state index contributed by atoms with van der Waals surface area (Å²) in [7, 11) is 3.12. The molecule has 0 bridgehead atoms. The van der Waals surface area contributed by atoms with Crippen LogP contribution in [-0.4, -0.2) is 68.5 Å². The molecule has 4 rings (SSSR count). The number of nitrogens with zero attached hydrogens (tertiary/aromatic N) is 3. The maximum Gasteiger partial charge on any atom is 0.311 e. The van der Waals surface area contributed by atoms with Crippen LogP contribution in [0.15, 0.2) is 42.6 Å². The zero-order valence-electron chi connectivity index (χ0n) is 18.6. The minimum Gasteiger partial charge on any atom is -0.497 e. The first-order valence-electron chi connectivity index (χ1n) is 10.6. The second-order valence-corrected chi connectivity index (χ2v) is 7.45. The van der Waals surface area contributed by atoms with Gasteiger partial charge in [-0.3, -0.25) is 15.0 Å². The molecule has 10 heteroatoms. The third-order valence-electron chi connectivity index (χ3n) is 5.46. The van der Waals surface area contributed by atoms with Crippen molar-refractivity contribution in [3.8, 4) is 17.2 Å². The average molecular weight is 454 g/mol. The van der Waals surface area contributed by atoms with Crippen molar-refractivity contribution >= 4 is 28.0 Å². The van der Waals surface area contributed by atoms with Crippen LogP contribution in [0.1, 0.15) is 0 Å². The first kappa shape index (κ1) is 22.6. The van der Waals surface area contributed by atoms with E-state index in [9.17, 15) is 10.1 Å². The van der Waals surface area contributed by atoms with Gasteiger partial charge in [-0.2, -0.15) is 0 Å². The quantitative estimate of drug-likeness (QED) is 0.383. The number of morpholine rings is 1. The highest BCUT2D eigenvalue weighted by atomic mass is 16.6. The zero-order chi connectivity index (χ0) is 23.2. The predicted octanol–water partition coefficient (Wildman–Crippen LogP) is 3.61. The van der Waals surface area contributed by atoms with Crippen LogP contribution in [0.5, 0.6) is 17.2 Å². The third kappa shape index (κ3) is 5.24. The molecule has 1 saturated heterocycles. The van der Waals surface area contributed by atoms with Crippen molar-refractivity contribution in [2.75, 3.05) is 59.0 Å². The molecule has 1 aromatic heterocycles. The van der Waals surface area contributed by atoms with Crippen LogP contribution in [0.25, 0.3) is 10.9 Å². The molecule has 10 nitrogen and oxygen atoms in total. The minimum atomic E-state index is -0.461. The molecule has 33 heavy (non-hydrogen) atoms. The third-order valence-corrected chi connectivity index (χ3v) is 5.46. The Morgan fingerprint density at radius 1 is 1.12 bits per heavy atom. The smallest absolute Gasteiger partial charge is 0.311 e. The summed E-state index contributed by atoms with van der Waals surface area (Å²) in [6, 6.07) is 10.6. The van der Waals surface area contributed by atoms with E-state index in [4.69, 9.17) is 18.9 Å². The Hall–Kier alpha value is -3.63. The minimum absolute atomic E-state index is 0.138. The molecular weight excluding hydrogens is 428 g/mol. The summed E-state index contributed by atoms with van der Waals surface area (Å²) < 4.78 is 22.1. The molecular formula is C23H26N4O6. The number of nitrogens with one attached hydrogen (secondary N) is 1. The van der Waals surface area contributed by atoms with E-state index in [0.29, 0.717) is 46.1 Å². The van der Waals surface area contributed by atoms with Crippen LogP contribution >= 0.6 is 0 Å². The van der Waals surface area contributed by atoms with Gasteiger partial charge in [0.15, 0.2) is 11.5 Å². The van der Waals surface area contributed by atoms with E-state index in [0.717, 1.165) is 32.8 Å². The maximum atomic E-state index is 11.7. The number of fused-ring (bicyclic) bond motifs is 1. The largest absolute Gasteiger partial charge is 0.497 e. The highest BCUT2D eigenvalue weighted by Gasteiger charge is 2.21. The lowest BCUT2D eigenvalue weighted by Crippen LogP contribution is -2.38. The Morgan fingerprint density at radius 2 is 1.88 bits per heavy atom. The van der Waals surface area contributed by atoms with Crippen LogP contribution in [0.3, 0.4) is 0 Å². The highest BCUT2D eigenvalue weighted by molar-refractivity contribution is 5.99. The molecule has 0 saturated carbocycles. The van der Waals surface area contributed by atoms with E-state index in [1.807, 2.05) is 0 Å². The van der Waals surface area contributed by atoms with Gasteiger partial charge in [-0.05, 0) is 30.3 Å². The fourth-order valence-electron chi connectivity index (χ4n) is 3.66. The van der Waals surface area contributed by atoms with Gasteiger partial charge in [0.2, 0.25) is 0 Å². The van der Waals surface area contributed by atoms with Crippen molar-refractivity contribution in [3.63, 3.8) is 0 Å². The number of anilines is 2. The lowest BCUT2D eigenvalue weighted by molar-refractivity contribution is -0.384. The van der Waals surface area contributed by atoms with Crippen molar-refractivity contribution < 1.29 is 23.9 Å². The van der Waals surface area contributed by atoms with Gasteiger partial charge in [-0.25, -0.2) is 4.98 Å². The van der Waals surface area contributed by atoms with Gasteiger partial charge in [0, 0.05) is 36.8 Å². The Bertz CT molecular complexity index is 1120. The van der Waals surface area contributed by atoms with Crippen molar-refractivity contribution in [3.05, 3.63) is 52.7 Å². The molecule has 174 valence electrons. The first-order chi connectivity index (χ1) is 16.1. The number of hydrogen-bond donors (Lipinski definition) is 1. The van der Waals surface area contributed by atoms with E-state index in [-0.39, 0.29) is 5.69 Å². The summed E-state index contributed by atoms with van der Waals surface area (Å²) in [4.78, 5) is 17.8. The monoisotopic (exact) mass is 454 g/mol. The van der Waals surface area contributed by atoms with Crippen LogP contribution < -0.4 is 19.5 Å². The number of aromatic nitrogens is 1. The topological polar surface area (TPSA) is 108 Å². The Morgan fingerprint density at radius 3 is 2.55 bits per heavy atom. The van der Waals surface area contributed by atoms with Crippen LogP contribution in [0.4, 0.5) is 17.1 Å². The SMILES string of the molecule is COc1ccc(Nc2c([N+](=O)[O-])cnc3cc(OCCN4CCOCC4)c(OC)cc23)cc1. The molecule has 2 aromatic carbocycles. The summed E-state index contributed by atoms with van der Waals surface area (Å²) in [6.07, 6.45) is 1.25. The van der Waals surface area contributed by atoms with Gasteiger partial charge < -0.3 is 24.3 Å². The first-order valence-corrected chi connectivity index (χ1v) is 10.6. The van der Waals surface area contributed by atoms with E-state index in [1.54, 1.807) is 43.5 Å². The molecule has 1 fully saturated rings. The van der Waals surface area contributed by atoms with Gasteiger partial charge in [0.05, 0.1) is 37.9 Å². The number of ether oxygens (including phenoxy) is 4. The molecule has 0 unspecified atom stereocenters. The molecule has 1 N–H and O–H groups in total.